The third-order valence-electron chi connectivity index (χ3n) is 3.72. The van der Waals surface area contributed by atoms with E-state index in [-0.39, 0.29) is 6.10 Å². The largest absolute Gasteiger partial charge is 0.378 e. The number of nitrogens with zero attached hydrogens (tertiary/aromatic N) is 1. The number of fused-ring (bicyclic) bond motifs is 1. The van der Waals surface area contributed by atoms with Crippen LogP contribution in [0.1, 0.15) is 17.7 Å². The smallest absolute Gasteiger partial charge is 0.126 e. The molecule has 92 valence electrons. The number of methoxy groups -OCH3 is 1. The number of pyridine rings is 1. The van der Waals surface area contributed by atoms with Gasteiger partial charge in [-0.15, -0.1) is 0 Å². The lowest BCUT2D eigenvalue weighted by atomic mass is 10.2. The van der Waals surface area contributed by atoms with E-state index < -0.39 is 0 Å². The molecule has 1 aromatic heterocycles. The van der Waals surface area contributed by atoms with Crippen molar-refractivity contribution < 1.29 is 4.74 Å². The molecule has 4 heteroatoms. The molecule has 0 spiro atoms. The van der Waals surface area contributed by atoms with Crippen molar-refractivity contribution in [1.82, 2.24) is 10.3 Å². The number of aromatic nitrogens is 1. The Hall–Kier alpha value is -1.13. The average molecular weight is 233 g/mol. The predicted molar refractivity (Wildman–Crippen MR) is 67.3 cm³/mol. The van der Waals surface area contributed by atoms with E-state index in [1.807, 2.05) is 0 Å². The van der Waals surface area contributed by atoms with E-state index >= 15 is 0 Å². The van der Waals surface area contributed by atoms with Gasteiger partial charge in [0.25, 0.3) is 0 Å². The maximum absolute atomic E-state index is 5.44. The van der Waals surface area contributed by atoms with Crippen molar-refractivity contribution in [2.75, 3.05) is 25.5 Å². The minimum absolute atomic E-state index is 0.241. The van der Waals surface area contributed by atoms with Crippen LogP contribution in [0.2, 0.25) is 0 Å². The Morgan fingerprint density at radius 2 is 2.29 bits per heavy atom. The quantitative estimate of drug-likeness (QED) is 0.816. The summed E-state index contributed by atoms with van der Waals surface area (Å²) in [6.07, 6.45) is 3.80. The van der Waals surface area contributed by atoms with Crippen LogP contribution >= 0.6 is 0 Å². The number of nitrogens with one attached hydrogen (secondary N) is 2. The molecule has 1 fully saturated rings. The molecule has 0 radical (unpaired) electrons. The average Bonchev–Trinajstić information content (AvgIpc) is 2.96. The predicted octanol–water partition coefficient (Wildman–Crippen LogP) is 0.969. The van der Waals surface area contributed by atoms with Crippen LogP contribution in [0, 0.1) is 0 Å². The highest BCUT2D eigenvalue weighted by molar-refractivity contribution is 5.41. The Balaban J connectivity index is 1.72. The lowest BCUT2D eigenvalue weighted by Crippen LogP contribution is -2.33. The van der Waals surface area contributed by atoms with E-state index in [0.29, 0.717) is 6.04 Å². The maximum atomic E-state index is 5.44. The molecular weight excluding hydrogens is 214 g/mol. The molecule has 0 amide bonds. The second-order valence-electron chi connectivity index (χ2n) is 4.84. The van der Waals surface area contributed by atoms with E-state index in [9.17, 15) is 0 Å². The van der Waals surface area contributed by atoms with Crippen LogP contribution in [0.4, 0.5) is 5.82 Å². The molecule has 0 bridgehead atoms. The molecule has 1 aliphatic carbocycles. The zero-order chi connectivity index (χ0) is 11.7. The molecule has 0 aromatic carbocycles. The molecule has 1 saturated heterocycles. The number of aryl methyl sites for hydroxylation is 2. The number of hydrogen-bond donors (Lipinski definition) is 2. The summed E-state index contributed by atoms with van der Waals surface area (Å²) in [5.74, 6) is 0.987. The standard InChI is InChI=1S/C13H19N3O/c1-17-12-8-14-7-11(12)16-13-6-5-9-3-2-4-10(9)15-13/h5-6,11-12,14H,2-4,7-8H2,1H3,(H,15,16)/t11?,12-/m0/s1. The molecule has 1 aromatic rings. The van der Waals surface area contributed by atoms with Gasteiger partial charge in [0.1, 0.15) is 5.82 Å². The molecule has 2 aliphatic rings. The molecule has 2 heterocycles. The summed E-state index contributed by atoms with van der Waals surface area (Å²) in [4.78, 5) is 4.69. The second-order valence-corrected chi connectivity index (χ2v) is 4.84. The van der Waals surface area contributed by atoms with Crippen LogP contribution in [0.15, 0.2) is 12.1 Å². The molecule has 3 rings (SSSR count). The maximum Gasteiger partial charge on any atom is 0.126 e. The van der Waals surface area contributed by atoms with Crippen molar-refractivity contribution in [3.05, 3.63) is 23.4 Å². The topological polar surface area (TPSA) is 46.2 Å². The summed E-state index contributed by atoms with van der Waals surface area (Å²) in [6.45, 7) is 1.86. The van der Waals surface area contributed by atoms with Crippen molar-refractivity contribution in [1.29, 1.82) is 0 Å². The zero-order valence-corrected chi connectivity index (χ0v) is 10.2. The van der Waals surface area contributed by atoms with Crippen molar-refractivity contribution in [2.45, 2.75) is 31.4 Å². The Labute approximate surface area is 102 Å². The van der Waals surface area contributed by atoms with E-state index in [0.717, 1.165) is 25.3 Å². The first-order valence-electron chi connectivity index (χ1n) is 6.35. The number of hydrogen-bond acceptors (Lipinski definition) is 4. The Morgan fingerprint density at radius 1 is 1.35 bits per heavy atom. The SMILES string of the molecule is CO[C@H]1CNCC1Nc1ccc2c(n1)CCC2. The van der Waals surface area contributed by atoms with E-state index in [1.54, 1.807) is 7.11 Å². The summed E-state index contributed by atoms with van der Waals surface area (Å²) in [7, 11) is 1.77. The van der Waals surface area contributed by atoms with Gasteiger partial charge in [-0.2, -0.15) is 0 Å². The van der Waals surface area contributed by atoms with Crippen LogP contribution in [-0.2, 0) is 17.6 Å². The summed E-state index contributed by atoms with van der Waals surface area (Å²) < 4.78 is 5.44. The zero-order valence-electron chi connectivity index (χ0n) is 10.2. The third-order valence-corrected chi connectivity index (χ3v) is 3.72. The first-order valence-corrected chi connectivity index (χ1v) is 6.35. The van der Waals surface area contributed by atoms with Crippen LogP contribution < -0.4 is 10.6 Å². The van der Waals surface area contributed by atoms with Gasteiger partial charge >= 0.3 is 0 Å². The number of anilines is 1. The fraction of sp³-hybridized carbons (Fsp3) is 0.615. The number of rotatable bonds is 3. The molecule has 4 nitrogen and oxygen atoms in total. The van der Waals surface area contributed by atoms with Crippen LogP contribution in [0.5, 0.6) is 0 Å². The van der Waals surface area contributed by atoms with Gasteiger partial charge in [-0.05, 0) is 30.9 Å². The molecule has 17 heavy (non-hydrogen) atoms. The normalized spacial score (nSPS) is 27.1. The molecule has 1 aliphatic heterocycles. The molecule has 1 unspecified atom stereocenters. The van der Waals surface area contributed by atoms with Gasteiger partial charge in [-0.25, -0.2) is 4.98 Å². The first-order chi connectivity index (χ1) is 8.36. The van der Waals surface area contributed by atoms with Gasteiger partial charge < -0.3 is 15.4 Å². The lowest BCUT2D eigenvalue weighted by Gasteiger charge is -2.19. The van der Waals surface area contributed by atoms with Crippen molar-refractivity contribution in [3.8, 4) is 0 Å². The van der Waals surface area contributed by atoms with Crippen LogP contribution in [0.3, 0.4) is 0 Å². The summed E-state index contributed by atoms with van der Waals surface area (Å²) >= 11 is 0. The fourth-order valence-electron chi connectivity index (χ4n) is 2.74. The van der Waals surface area contributed by atoms with Gasteiger partial charge in [0.05, 0.1) is 12.1 Å². The molecule has 2 N–H and O–H groups in total. The van der Waals surface area contributed by atoms with Crippen molar-refractivity contribution in [3.63, 3.8) is 0 Å². The Morgan fingerprint density at radius 3 is 3.18 bits per heavy atom. The van der Waals surface area contributed by atoms with Crippen LogP contribution in [0.25, 0.3) is 0 Å². The fourth-order valence-corrected chi connectivity index (χ4v) is 2.74. The van der Waals surface area contributed by atoms with Gasteiger partial charge in [0.2, 0.25) is 0 Å². The molecule has 2 atom stereocenters. The highest BCUT2D eigenvalue weighted by atomic mass is 16.5. The minimum Gasteiger partial charge on any atom is -0.378 e. The highest BCUT2D eigenvalue weighted by Crippen LogP contribution is 2.22. The van der Waals surface area contributed by atoms with Gasteiger partial charge in [0.15, 0.2) is 0 Å². The summed E-state index contributed by atoms with van der Waals surface area (Å²) in [5.41, 5.74) is 2.69. The van der Waals surface area contributed by atoms with Crippen LogP contribution in [-0.4, -0.2) is 37.3 Å². The van der Waals surface area contributed by atoms with E-state index in [2.05, 4.69) is 22.8 Å². The first kappa shape index (κ1) is 11.0. The molecule has 0 saturated carbocycles. The third kappa shape index (κ3) is 2.15. The van der Waals surface area contributed by atoms with Gasteiger partial charge in [-0.3, -0.25) is 0 Å². The van der Waals surface area contributed by atoms with Gasteiger partial charge in [0, 0.05) is 25.9 Å². The van der Waals surface area contributed by atoms with Gasteiger partial charge in [-0.1, -0.05) is 6.07 Å². The summed E-state index contributed by atoms with van der Waals surface area (Å²) in [5, 5.41) is 6.80. The Kier molecular flexibility index (Phi) is 2.99. The monoisotopic (exact) mass is 233 g/mol. The van der Waals surface area contributed by atoms with Crippen molar-refractivity contribution >= 4 is 5.82 Å². The van der Waals surface area contributed by atoms with E-state index in [1.165, 1.54) is 24.1 Å². The highest BCUT2D eigenvalue weighted by Gasteiger charge is 2.27. The molecular formula is C13H19N3O. The Bertz CT molecular complexity index is 408. The number of ether oxygens (including phenoxy) is 1. The lowest BCUT2D eigenvalue weighted by molar-refractivity contribution is 0.111. The second kappa shape index (κ2) is 4.63. The minimum atomic E-state index is 0.241. The summed E-state index contributed by atoms with van der Waals surface area (Å²) in [6, 6.07) is 4.63. The van der Waals surface area contributed by atoms with E-state index in [4.69, 9.17) is 9.72 Å². The van der Waals surface area contributed by atoms with Crippen molar-refractivity contribution in [2.24, 2.45) is 0 Å².